The number of aromatic nitrogens is 2. The fraction of sp³-hybridized carbons (Fsp3) is 0.333. The average Bonchev–Trinajstić information content (AvgIpc) is 2.27. The molecule has 3 heteroatoms. The minimum Gasteiger partial charge on any atom is -0.310 e. The number of rotatable bonds is 3. The molecule has 18 heavy (non-hydrogen) atoms. The Labute approximate surface area is 107 Å². The zero-order valence-electron chi connectivity index (χ0n) is 11.0. The molecule has 0 aliphatic heterocycles. The molecule has 2 rings (SSSR count). The Morgan fingerprint density at radius 3 is 2.44 bits per heavy atom. The quantitative estimate of drug-likeness (QED) is 0.899. The summed E-state index contributed by atoms with van der Waals surface area (Å²) in [6.07, 6.45) is 1.07. The van der Waals surface area contributed by atoms with E-state index in [1.54, 1.807) is 0 Å². The molecule has 0 unspecified atom stereocenters. The number of aryl methyl sites for hydroxylation is 1. The fourth-order valence-electron chi connectivity index (χ4n) is 2.01. The van der Waals surface area contributed by atoms with Crippen molar-refractivity contribution < 1.29 is 0 Å². The summed E-state index contributed by atoms with van der Waals surface area (Å²) in [5, 5.41) is 0. The summed E-state index contributed by atoms with van der Waals surface area (Å²) in [4.78, 5) is 18.0. The van der Waals surface area contributed by atoms with Gasteiger partial charge < -0.3 is 4.98 Å². The van der Waals surface area contributed by atoms with Gasteiger partial charge in [-0.25, -0.2) is 4.79 Å². The van der Waals surface area contributed by atoms with Crippen molar-refractivity contribution in [2.75, 3.05) is 0 Å². The third-order valence-corrected chi connectivity index (χ3v) is 2.77. The Balaban J connectivity index is 2.31. The minimum absolute atomic E-state index is 0.295. The van der Waals surface area contributed by atoms with E-state index in [0.29, 0.717) is 5.92 Å². The molecule has 0 radical (unpaired) electrons. The molecule has 0 saturated heterocycles. The Bertz CT molecular complexity index is 582. The van der Waals surface area contributed by atoms with Crippen LogP contribution < -0.4 is 5.69 Å². The van der Waals surface area contributed by atoms with E-state index in [1.807, 2.05) is 25.1 Å². The van der Waals surface area contributed by atoms with Crippen LogP contribution in [0.2, 0.25) is 0 Å². The summed E-state index contributed by atoms with van der Waals surface area (Å²) < 4.78 is 0. The van der Waals surface area contributed by atoms with Gasteiger partial charge in [-0.05, 0) is 30.9 Å². The van der Waals surface area contributed by atoms with Crippen molar-refractivity contribution in [1.29, 1.82) is 0 Å². The molecule has 1 heterocycles. The van der Waals surface area contributed by atoms with Crippen molar-refractivity contribution in [1.82, 2.24) is 9.97 Å². The molecular formula is C15H18N2O. The van der Waals surface area contributed by atoms with Gasteiger partial charge in [0.1, 0.15) is 0 Å². The van der Waals surface area contributed by atoms with Crippen LogP contribution >= 0.6 is 0 Å². The van der Waals surface area contributed by atoms with Gasteiger partial charge in [0.15, 0.2) is 0 Å². The Morgan fingerprint density at radius 2 is 1.89 bits per heavy atom. The van der Waals surface area contributed by atoms with Gasteiger partial charge in [-0.2, -0.15) is 4.98 Å². The summed E-state index contributed by atoms with van der Waals surface area (Å²) in [6.45, 7) is 6.27. The molecule has 1 aromatic heterocycles. The van der Waals surface area contributed by atoms with Crippen LogP contribution in [0.1, 0.15) is 25.1 Å². The summed E-state index contributed by atoms with van der Waals surface area (Å²) in [6, 6.07) is 10.2. The number of H-pyrrole nitrogens is 1. The van der Waals surface area contributed by atoms with Gasteiger partial charge in [0.25, 0.3) is 0 Å². The van der Waals surface area contributed by atoms with Gasteiger partial charge >= 0.3 is 5.69 Å². The lowest BCUT2D eigenvalue weighted by molar-refractivity contribution is 0.647. The van der Waals surface area contributed by atoms with E-state index >= 15 is 0 Å². The largest absolute Gasteiger partial charge is 0.345 e. The monoisotopic (exact) mass is 242 g/mol. The molecule has 0 bridgehead atoms. The first-order valence-corrected chi connectivity index (χ1v) is 6.22. The van der Waals surface area contributed by atoms with Gasteiger partial charge in [0, 0.05) is 11.3 Å². The second kappa shape index (κ2) is 5.17. The first kappa shape index (κ1) is 12.6. The normalized spacial score (nSPS) is 10.9. The Kier molecular flexibility index (Phi) is 3.60. The van der Waals surface area contributed by atoms with Crippen LogP contribution in [0, 0.1) is 12.8 Å². The van der Waals surface area contributed by atoms with Gasteiger partial charge in [0.2, 0.25) is 0 Å². The highest BCUT2D eigenvalue weighted by Crippen LogP contribution is 2.18. The van der Waals surface area contributed by atoms with Crippen LogP contribution in [-0.2, 0) is 6.42 Å². The molecule has 0 spiro atoms. The highest BCUT2D eigenvalue weighted by molar-refractivity contribution is 5.59. The number of nitrogens with zero attached hydrogens (tertiary/aromatic N) is 1. The molecular weight excluding hydrogens is 224 g/mol. The van der Waals surface area contributed by atoms with E-state index in [9.17, 15) is 4.79 Å². The van der Waals surface area contributed by atoms with Gasteiger partial charge in [-0.15, -0.1) is 0 Å². The molecule has 2 aromatic rings. The van der Waals surface area contributed by atoms with E-state index in [4.69, 9.17) is 0 Å². The number of benzene rings is 1. The van der Waals surface area contributed by atoms with Crippen molar-refractivity contribution in [3.05, 3.63) is 52.1 Å². The molecule has 0 amide bonds. The number of hydrogen-bond acceptors (Lipinski definition) is 2. The molecule has 0 saturated carbocycles. The van der Waals surface area contributed by atoms with E-state index in [2.05, 4.69) is 35.9 Å². The van der Waals surface area contributed by atoms with Crippen LogP contribution in [0.25, 0.3) is 11.3 Å². The molecule has 1 aromatic carbocycles. The molecule has 1 N–H and O–H groups in total. The highest BCUT2D eigenvalue weighted by Gasteiger charge is 2.03. The zero-order chi connectivity index (χ0) is 13.1. The number of hydrogen-bond donors (Lipinski definition) is 1. The predicted octanol–water partition coefficient (Wildman–Crippen LogP) is 2.94. The van der Waals surface area contributed by atoms with Crippen molar-refractivity contribution >= 4 is 0 Å². The topological polar surface area (TPSA) is 45.8 Å². The van der Waals surface area contributed by atoms with E-state index in [0.717, 1.165) is 23.4 Å². The summed E-state index contributed by atoms with van der Waals surface area (Å²) >= 11 is 0. The molecule has 0 atom stereocenters. The van der Waals surface area contributed by atoms with Crippen LogP contribution in [0.5, 0.6) is 0 Å². The van der Waals surface area contributed by atoms with Crippen molar-refractivity contribution in [2.24, 2.45) is 5.92 Å². The maximum atomic E-state index is 11.3. The maximum Gasteiger partial charge on any atom is 0.345 e. The minimum atomic E-state index is -0.295. The second-order valence-corrected chi connectivity index (χ2v) is 5.05. The van der Waals surface area contributed by atoms with Crippen LogP contribution in [-0.4, -0.2) is 9.97 Å². The summed E-state index contributed by atoms with van der Waals surface area (Å²) in [5.41, 5.74) is 3.56. The van der Waals surface area contributed by atoms with Crippen LogP contribution in [0.15, 0.2) is 35.1 Å². The van der Waals surface area contributed by atoms with Crippen LogP contribution in [0.3, 0.4) is 0 Å². The smallest absolute Gasteiger partial charge is 0.310 e. The maximum absolute atomic E-state index is 11.3. The summed E-state index contributed by atoms with van der Waals surface area (Å²) in [7, 11) is 0. The molecule has 0 aliphatic carbocycles. The van der Waals surface area contributed by atoms with Crippen molar-refractivity contribution in [3.8, 4) is 11.3 Å². The third-order valence-electron chi connectivity index (χ3n) is 2.77. The van der Waals surface area contributed by atoms with Gasteiger partial charge in [-0.3, -0.25) is 0 Å². The second-order valence-electron chi connectivity index (χ2n) is 5.05. The Hall–Kier alpha value is -1.90. The highest BCUT2D eigenvalue weighted by atomic mass is 16.1. The SMILES string of the molecule is Cc1cc(-c2ccc(CC(C)C)cc2)nc(=O)[nH]1. The Morgan fingerprint density at radius 1 is 1.22 bits per heavy atom. The lowest BCUT2D eigenvalue weighted by atomic mass is 10.0. The average molecular weight is 242 g/mol. The molecule has 3 nitrogen and oxygen atoms in total. The zero-order valence-corrected chi connectivity index (χ0v) is 11.0. The molecule has 0 fully saturated rings. The van der Waals surface area contributed by atoms with E-state index < -0.39 is 0 Å². The van der Waals surface area contributed by atoms with E-state index in [1.165, 1.54) is 5.56 Å². The third kappa shape index (κ3) is 3.06. The van der Waals surface area contributed by atoms with E-state index in [-0.39, 0.29) is 5.69 Å². The van der Waals surface area contributed by atoms with Crippen molar-refractivity contribution in [3.63, 3.8) is 0 Å². The standard InChI is InChI=1S/C15H18N2O/c1-10(2)8-12-4-6-13(7-5-12)14-9-11(3)16-15(18)17-14/h4-7,9-10H,8H2,1-3H3,(H,16,17,18). The predicted molar refractivity (Wildman–Crippen MR) is 73.6 cm³/mol. The molecule has 0 aliphatic rings. The fourth-order valence-corrected chi connectivity index (χ4v) is 2.01. The number of nitrogens with one attached hydrogen (secondary N) is 1. The lowest BCUT2D eigenvalue weighted by Crippen LogP contribution is -2.11. The first-order valence-electron chi connectivity index (χ1n) is 6.22. The van der Waals surface area contributed by atoms with Gasteiger partial charge in [-0.1, -0.05) is 38.1 Å². The lowest BCUT2D eigenvalue weighted by Gasteiger charge is -2.06. The van der Waals surface area contributed by atoms with Crippen LogP contribution in [0.4, 0.5) is 0 Å². The van der Waals surface area contributed by atoms with Gasteiger partial charge in [0.05, 0.1) is 5.69 Å². The molecule has 94 valence electrons. The number of aromatic amines is 1. The summed E-state index contributed by atoms with van der Waals surface area (Å²) in [5.74, 6) is 0.649. The first-order chi connectivity index (χ1) is 8.54. The van der Waals surface area contributed by atoms with Crippen molar-refractivity contribution in [2.45, 2.75) is 27.2 Å².